The Bertz CT molecular complexity index is 441. The number of carbonyl (C=O) groups excluding carboxylic acids is 1. The Morgan fingerprint density at radius 2 is 2.22 bits per heavy atom. The Labute approximate surface area is 116 Å². The number of hydrogen-bond acceptors (Lipinski definition) is 2. The van der Waals surface area contributed by atoms with Crippen LogP contribution in [0, 0.1) is 5.92 Å². The minimum absolute atomic E-state index is 0.0589. The van der Waals surface area contributed by atoms with E-state index in [0.717, 1.165) is 17.6 Å². The average Bonchev–Trinajstić information content (AvgIpc) is 2.24. The van der Waals surface area contributed by atoms with Crippen molar-refractivity contribution in [3.05, 3.63) is 34.3 Å². The summed E-state index contributed by atoms with van der Waals surface area (Å²) in [6, 6.07) is 8.25. The molecule has 0 aromatic heterocycles. The molecule has 0 radical (unpaired) electrons. The maximum Gasteiger partial charge on any atom is 0.225 e. The summed E-state index contributed by atoms with van der Waals surface area (Å²) in [5.74, 6) is 0.320. The van der Waals surface area contributed by atoms with Crippen LogP contribution in [-0.2, 0) is 10.2 Å². The molecule has 1 saturated heterocycles. The van der Waals surface area contributed by atoms with Crippen molar-refractivity contribution in [2.45, 2.75) is 19.3 Å². The molecule has 2 rings (SSSR count). The summed E-state index contributed by atoms with van der Waals surface area (Å²) in [6.07, 6.45) is 0. The molecule has 2 N–H and O–H groups in total. The molecular weight excluding hydrogens is 292 g/mol. The Morgan fingerprint density at radius 3 is 2.78 bits per heavy atom. The van der Waals surface area contributed by atoms with Crippen LogP contribution in [0.2, 0.25) is 0 Å². The van der Waals surface area contributed by atoms with Gasteiger partial charge in [-0.15, -0.1) is 0 Å². The first-order valence-corrected chi connectivity index (χ1v) is 7.03. The van der Waals surface area contributed by atoms with Crippen molar-refractivity contribution < 1.29 is 4.79 Å². The molecule has 98 valence electrons. The van der Waals surface area contributed by atoms with Gasteiger partial charge in [0.15, 0.2) is 0 Å². The fourth-order valence-corrected chi connectivity index (χ4v) is 2.34. The van der Waals surface area contributed by atoms with Crippen LogP contribution in [0.3, 0.4) is 0 Å². The van der Waals surface area contributed by atoms with Crippen molar-refractivity contribution in [3.63, 3.8) is 0 Å². The third-order valence-corrected chi connectivity index (χ3v) is 3.96. The normalized spacial score (nSPS) is 16.2. The average molecular weight is 311 g/mol. The molecule has 1 fully saturated rings. The number of benzene rings is 1. The van der Waals surface area contributed by atoms with Crippen LogP contribution in [0.4, 0.5) is 0 Å². The maximum atomic E-state index is 11.8. The van der Waals surface area contributed by atoms with Gasteiger partial charge in [0, 0.05) is 29.5 Å². The fourth-order valence-electron chi connectivity index (χ4n) is 1.94. The van der Waals surface area contributed by atoms with Crippen LogP contribution in [-0.4, -0.2) is 25.5 Å². The largest absolute Gasteiger partial charge is 0.355 e. The molecule has 1 aromatic rings. The maximum absolute atomic E-state index is 11.8. The number of carbonyl (C=O) groups is 1. The van der Waals surface area contributed by atoms with E-state index >= 15 is 0 Å². The van der Waals surface area contributed by atoms with Gasteiger partial charge in [0.25, 0.3) is 0 Å². The standard InChI is InChI=1S/C14H19BrN2O/c1-14(2,11-4-3-5-12(15)6-11)9-17-13(18)10-7-16-8-10/h3-6,10,16H,7-9H2,1-2H3,(H,17,18). The summed E-state index contributed by atoms with van der Waals surface area (Å²) in [5, 5.41) is 6.16. The summed E-state index contributed by atoms with van der Waals surface area (Å²) in [7, 11) is 0. The van der Waals surface area contributed by atoms with Gasteiger partial charge in [0.2, 0.25) is 5.91 Å². The van der Waals surface area contributed by atoms with E-state index < -0.39 is 0 Å². The van der Waals surface area contributed by atoms with Gasteiger partial charge in [-0.2, -0.15) is 0 Å². The predicted octanol–water partition coefficient (Wildman–Crippen LogP) is 2.06. The Morgan fingerprint density at radius 1 is 1.50 bits per heavy atom. The quantitative estimate of drug-likeness (QED) is 0.894. The van der Waals surface area contributed by atoms with E-state index in [-0.39, 0.29) is 17.2 Å². The van der Waals surface area contributed by atoms with E-state index in [9.17, 15) is 4.79 Å². The molecule has 0 unspecified atom stereocenters. The van der Waals surface area contributed by atoms with Gasteiger partial charge in [-0.3, -0.25) is 4.79 Å². The van der Waals surface area contributed by atoms with Crippen LogP contribution in [0.25, 0.3) is 0 Å². The van der Waals surface area contributed by atoms with E-state index in [1.807, 2.05) is 12.1 Å². The molecule has 0 spiro atoms. The summed E-state index contributed by atoms with van der Waals surface area (Å²) < 4.78 is 1.07. The zero-order valence-corrected chi connectivity index (χ0v) is 12.4. The molecule has 1 amide bonds. The second-order valence-corrected chi connectivity index (χ2v) is 6.38. The summed E-state index contributed by atoms with van der Waals surface area (Å²) >= 11 is 3.48. The minimum atomic E-state index is -0.0589. The number of rotatable bonds is 4. The lowest BCUT2D eigenvalue weighted by Gasteiger charge is -2.30. The van der Waals surface area contributed by atoms with Gasteiger partial charge in [-0.05, 0) is 17.7 Å². The topological polar surface area (TPSA) is 41.1 Å². The molecule has 3 nitrogen and oxygen atoms in total. The van der Waals surface area contributed by atoms with Crippen molar-refractivity contribution in [2.75, 3.05) is 19.6 Å². The van der Waals surface area contributed by atoms with Gasteiger partial charge in [-0.25, -0.2) is 0 Å². The number of halogens is 1. The molecule has 4 heteroatoms. The first-order chi connectivity index (χ1) is 8.49. The van der Waals surface area contributed by atoms with Gasteiger partial charge < -0.3 is 10.6 Å². The molecule has 0 bridgehead atoms. The molecule has 1 aromatic carbocycles. The zero-order valence-electron chi connectivity index (χ0n) is 10.8. The fraction of sp³-hybridized carbons (Fsp3) is 0.500. The van der Waals surface area contributed by atoms with E-state index in [4.69, 9.17) is 0 Å². The van der Waals surface area contributed by atoms with Crippen molar-refractivity contribution in [3.8, 4) is 0 Å². The van der Waals surface area contributed by atoms with Gasteiger partial charge in [-0.1, -0.05) is 41.9 Å². The van der Waals surface area contributed by atoms with Gasteiger partial charge in [0.05, 0.1) is 5.92 Å². The van der Waals surface area contributed by atoms with E-state index in [1.54, 1.807) is 0 Å². The second kappa shape index (κ2) is 5.41. The number of nitrogens with one attached hydrogen (secondary N) is 2. The third kappa shape index (κ3) is 3.12. The van der Waals surface area contributed by atoms with E-state index in [2.05, 4.69) is 52.5 Å². The lowest BCUT2D eigenvalue weighted by molar-refractivity contribution is -0.126. The lowest BCUT2D eigenvalue weighted by Crippen LogP contribution is -2.52. The summed E-state index contributed by atoms with van der Waals surface area (Å²) in [4.78, 5) is 11.8. The third-order valence-electron chi connectivity index (χ3n) is 3.46. The SMILES string of the molecule is CC(C)(CNC(=O)C1CNC1)c1cccc(Br)c1. The van der Waals surface area contributed by atoms with Crippen LogP contribution < -0.4 is 10.6 Å². The highest BCUT2D eigenvalue weighted by Crippen LogP contribution is 2.25. The summed E-state index contributed by atoms with van der Waals surface area (Å²) in [6.45, 7) is 6.58. The lowest BCUT2D eigenvalue weighted by atomic mass is 9.84. The molecule has 0 aliphatic carbocycles. The first kappa shape index (κ1) is 13.6. The highest BCUT2D eigenvalue weighted by Gasteiger charge is 2.27. The van der Waals surface area contributed by atoms with Crippen LogP contribution in [0.1, 0.15) is 19.4 Å². The zero-order chi connectivity index (χ0) is 13.2. The monoisotopic (exact) mass is 310 g/mol. The Hall–Kier alpha value is -0.870. The van der Waals surface area contributed by atoms with Gasteiger partial charge >= 0.3 is 0 Å². The van der Waals surface area contributed by atoms with E-state index in [0.29, 0.717) is 6.54 Å². The van der Waals surface area contributed by atoms with Crippen molar-refractivity contribution in [2.24, 2.45) is 5.92 Å². The second-order valence-electron chi connectivity index (χ2n) is 5.47. The first-order valence-electron chi connectivity index (χ1n) is 6.23. The molecular formula is C14H19BrN2O. The molecule has 1 heterocycles. The predicted molar refractivity (Wildman–Crippen MR) is 76.5 cm³/mol. The van der Waals surface area contributed by atoms with Gasteiger partial charge in [0.1, 0.15) is 0 Å². The number of amides is 1. The van der Waals surface area contributed by atoms with Crippen LogP contribution in [0.15, 0.2) is 28.7 Å². The Balaban J connectivity index is 1.96. The van der Waals surface area contributed by atoms with Crippen LogP contribution in [0.5, 0.6) is 0 Å². The van der Waals surface area contributed by atoms with Crippen LogP contribution >= 0.6 is 15.9 Å². The molecule has 0 atom stereocenters. The van der Waals surface area contributed by atoms with Crippen molar-refractivity contribution in [1.29, 1.82) is 0 Å². The summed E-state index contributed by atoms with van der Waals surface area (Å²) in [5.41, 5.74) is 1.17. The van der Waals surface area contributed by atoms with E-state index in [1.165, 1.54) is 5.56 Å². The molecule has 18 heavy (non-hydrogen) atoms. The smallest absolute Gasteiger partial charge is 0.225 e. The van der Waals surface area contributed by atoms with Crippen molar-refractivity contribution in [1.82, 2.24) is 10.6 Å². The molecule has 1 aliphatic rings. The molecule has 1 aliphatic heterocycles. The Kier molecular flexibility index (Phi) is 4.07. The van der Waals surface area contributed by atoms with Crippen molar-refractivity contribution >= 4 is 21.8 Å². The highest BCUT2D eigenvalue weighted by atomic mass is 79.9. The minimum Gasteiger partial charge on any atom is -0.355 e. The highest BCUT2D eigenvalue weighted by molar-refractivity contribution is 9.10. The molecule has 0 saturated carbocycles. The number of hydrogen-bond donors (Lipinski definition) is 2.